The molecule has 0 saturated heterocycles. The molecular formula is C26H28N4. The van der Waals surface area contributed by atoms with E-state index in [9.17, 15) is 0 Å². The maximum absolute atomic E-state index is 4.65. The Kier molecular flexibility index (Phi) is 4.58. The molecule has 1 unspecified atom stereocenters. The van der Waals surface area contributed by atoms with Crippen LogP contribution in [-0.2, 0) is 13.5 Å². The second kappa shape index (κ2) is 7.28. The van der Waals surface area contributed by atoms with Crippen LogP contribution in [0.4, 0.5) is 5.82 Å². The van der Waals surface area contributed by atoms with Gasteiger partial charge < -0.3 is 9.47 Å². The topological polar surface area (TPSA) is 34.0 Å². The fraction of sp³-hybridized carbons (Fsp3) is 0.308. The Morgan fingerprint density at radius 2 is 1.83 bits per heavy atom. The Morgan fingerprint density at radius 3 is 2.53 bits per heavy atom. The van der Waals surface area contributed by atoms with Crippen LogP contribution in [-0.4, -0.2) is 21.1 Å². The molecule has 0 saturated carbocycles. The number of aromatic nitrogens is 3. The van der Waals surface area contributed by atoms with Gasteiger partial charge in [-0.2, -0.15) is 0 Å². The summed E-state index contributed by atoms with van der Waals surface area (Å²) < 4.78 is 2.38. The third-order valence-electron chi connectivity index (χ3n) is 6.45. The quantitative estimate of drug-likeness (QED) is 0.455. The Hall–Kier alpha value is -3.14. The molecule has 0 bridgehead atoms. The molecule has 0 amide bonds. The van der Waals surface area contributed by atoms with E-state index in [2.05, 4.69) is 89.7 Å². The number of hydrogen-bond donors (Lipinski definition) is 0. The van der Waals surface area contributed by atoms with Gasteiger partial charge in [0.2, 0.25) is 0 Å². The molecule has 0 fully saturated rings. The molecule has 1 atom stereocenters. The Balaban J connectivity index is 1.73. The maximum atomic E-state index is 4.65. The molecule has 1 aliphatic rings. The molecule has 152 valence electrons. The number of nitrogens with zero attached hydrogens (tertiary/aromatic N) is 4. The minimum Gasteiger partial charge on any atom is -0.345 e. The Morgan fingerprint density at radius 1 is 1.03 bits per heavy atom. The molecule has 3 heterocycles. The molecule has 4 nitrogen and oxygen atoms in total. The van der Waals surface area contributed by atoms with E-state index in [-0.39, 0.29) is 6.04 Å². The van der Waals surface area contributed by atoms with Crippen LogP contribution in [0.2, 0.25) is 0 Å². The smallest absolute Gasteiger partial charge is 0.147 e. The van der Waals surface area contributed by atoms with E-state index in [1.807, 2.05) is 6.20 Å². The van der Waals surface area contributed by atoms with Crippen molar-refractivity contribution in [3.05, 3.63) is 89.0 Å². The van der Waals surface area contributed by atoms with Gasteiger partial charge in [0.15, 0.2) is 0 Å². The minimum atomic E-state index is 0.115. The van der Waals surface area contributed by atoms with Crippen LogP contribution >= 0.6 is 0 Å². The number of aryl methyl sites for hydroxylation is 2. The zero-order valence-corrected chi connectivity index (χ0v) is 18.1. The number of fused-ring (bicyclic) bond motifs is 3. The monoisotopic (exact) mass is 396 g/mol. The van der Waals surface area contributed by atoms with Gasteiger partial charge in [-0.15, -0.1) is 0 Å². The Labute approximate surface area is 178 Å². The first kappa shape index (κ1) is 18.9. The number of hydrogen-bond acceptors (Lipinski definition) is 3. The summed E-state index contributed by atoms with van der Waals surface area (Å²) in [6, 6.07) is 16.1. The third-order valence-corrected chi connectivity index (χ3v) is 6.45. The van der Waals surface area contributed by atoms with Gasteiger partial charge in [-0.3, -0.25) is 4.98 Å². The molecule has 1 aliphatic heterocycles. The van der Waals surface area contributed by atoms with Gasteiger partial charge in [-0.05, 0) is 48.1 Å². The molecule has 0 radical (unpaired) electrons. The van der Waals surface area contributed by atoms with Crippen LogP contribution in [0.25, 0.3) is 10.9 Å². The van der Waals surface area contributed by atoms with Crippen LogP contribution in [0.5, 0.6) is 0 Å². The molecule has 4 heteroatoms. The molecule has 4 aromatic rings. The highest BCUT2D eigenvalue weighted by Gasteiger charge is 2.34. The van der Waals surface area contributed by atoms with E-state index in [0.717, 1.165) is 18.8 Å². The predicted octanol–water partition coefficient (Wildman–Crippen LogP) is 5.55. The summed E-state index contributed by atoms with van der Waals surface area (Å²) in [4.78, 5) is 11.4. The minimum absolute atomic E-state index is 0.115. The highest BCUT2D eigenvalue weighted by Crippen LogP contribution is 2.42. The van der Waals surface area contributed by atoms with Gasteiger partial charge in [0.05, 0.1) is 12.2 Å². The van der Waals surface area contributed by atoms with E-state index in [1.54, 1.807) is 12.4 Å². The van der Waals surface area contributed by atoms with Crippen molar-refractivity contribution in [3.63, 3.8) is 0 Å². The standard InChI is InChI=1S/C26H28N4/c1-17(2)19-6-8-20(9-7-19)25-26-21(11-14-30(25)24-16-27-12-13-28-24)22-15-18(3)5-10-23(22)29(26)4/h5-10,12-13,15-17,25H,11,14H2,1-4H3. The van der Waals surface area contributed by atoms with E-state index in [0.29, 0.717) is 5.92 Å². The zero-order chi connectivity index (χ0) is 20.8. The number of rotatable bonds is 3. The SMILES string of the molecule is Cc1ccc2c(c1)c1c(n2C)C(c2ccc(C(C)C)cc2)N(c2cnccn2)CC1. The summed E-state index contributed by atoms with van der Waals surface area (Å²) in [6.07, 6.45) is 6.42. The summed E-state index contributed by atoms with van der Waals surface area (Å²) in [5, 5.41) is 1.38. The molecule has 30 heavy (non-hydrogen) atoms. The molecule has 0 N–H and O–H groups in total. The summed E-state index contributed by atoms with van der Waals surface area (Å²) in [5.41, 5.74) is 8.11. The van der Waals surface area contributed by atoms with Crippen LogP contribution in [0.15, 0.2) is 61.1 Å². The van der Waals surface area contributed by atoms with Crippen molar-refractivity contribution in [2.75, 3.05) is 11.4 Å². The lowest BCUT2D eigenvalue weighted by atomic mass is 9.90. The van der Waals surface area contributed by atoms with Crippen molar-refractivity contribution in [3.8, 4) is 0 Å². The van der Waals surface area contributed by atoms with Crippen LogP contribution in [0.1, 0.15) is 53.8 Å². The third kappa shape index (κ3) is 2.98. The Bertz CT molecular complexity index is 1190. The van der Waals surface area contributed by atoms with Crippen molar-refractivity contribution in [2.24, 2.45) is 7.05 Å². The lowest BCUT2D eigenvalue weighted by molar-refractivity contribution is 0.608. The normalized spacial score (nSPS) is 16.3. The van der Waals surface area contributed by atoms with Gasteiger partial charge in [0.25, 0.3) is 0 Å². The molecule has 0 spiro atoms. The van der Waals surface area contributed by atoms with E-state index in [4.69, 9.17) is 0 Å². The summed E-state index contributed by atoms with van der Waals surface area (Å²) in [6.45, 7) is 7.59. The van der Waals surface area contributed by atoms with Crippen molar-refractivity contribution in [2.45, 2.75) is 39.2 Å². The largest absolute Gasteiger partial charge is 0.345 e. The predicted molar refractivity (Wildman–Crippen MR) is 123 cm³/mol. The average Bonchev–Trinajstić information content (AvgIpc) is 3.05. The van der Waals surface area contributed by atoms with E-state index < -0.39 is 0 Å². The highest BCUT2D eigenvalue weighted by atomic mass is 15.2. The van der Waals surface area contributed by atoms with Crippen molar-refractivity contribution < 1.29 is 0 Å². The maximum Gasteiger partial charge on any atom is 0.147 e. The fourth-order valence-corrected chi connectivity index (χ4v) is 4.86. The van der Waals surface area contributed by atoms with Crippen LogP contribution in [0, 0.1) is 6.92 Å². The first-order chi connectivity index (χ1) is 14.5. The fourth-order valence-electron chi connectivity index (χ4n) is 4.86. The summed E-state index contributed by atoms with van der Waals surface area (Å²) in [5.74, 6) is 1.46. The van der Waals surface area contributed by atoms with Gasteiger partial charge in [-0.25, -0.2) is 4.98 Å². The average molecular weight is 397 g/mol. The van der Waals surface area contributed by atoms with Gasteiger partial charge in [-0.1, -0.05) is 49.7 Å². The lowest BCUT2D eigenvalue weighted by Gasteiger charge is -2.38. The van der Waals surface area contributed by atoms with Gasteiger partial charge >= 0.3 is 0 Å². The number of anilines is 1. The number of benzene rings is 2. The van der Waals surface area contributed by atoms with Crippen molar-refractivity contribution >= 4 is 16.7 Å². The van der Waals surface area contributed by atoms with Crippen molar-refractivity contribution in [1.29, 1.82) is 0 Å². The van der Waals surface area contributed by atoms with E-state index >= 15 is 0 Å². The highest BCUT2D eigenvalue weighted by molar-refractivity contribution is 5.87. The summed E-state index contributed by atoms with van der Waals surface area (Å²) >= 11 is 0. The molecule has 0 aliphatic carbocycles. The second-order valence-corrected chi connectivity index (χ2v) is 8.67. The molecule has 5 rings (SSSR count). The van der Waals surface area contributed by atoms with Gasteiger partial charge in [0.1, 0.15) is 5.82 Å². The molecular weight excluding hydrogens is 368 g/mol. The zero-order valence-electron chi connectivity index (χ0n) is 18.1. The second-order valence-electron chi connectivity index (χ2n) is 8.67. The molecule has 2 aromatic carbocycles. The first-order valence-corrected chi connectivity index (χ1v) is 10.7. The lowest BCUT2D eigenvalue weighted by Crippen LogP contribution is -2.37. The van der Waals surface area contributed by atoms with E-state index in [1.165, 1.54) is 38.9 Å². The van der Waals surface area contributed by atoms with Crippen molar-refractivity contribution in [1.82, 2.24) is 14.5 Å². The van der Waals surface area contributed by atoms with Gasteiger partial charge in [0, 0.05) is 42.6 Å². The molecule has 2 aromatic heterocycles. The summed E-state index contributed by atoms with van der Waals surface area (Å²) in [7, 11) is 2.20. The van der Waals surface area contributed by atoms with Crippen LogP contribution < -0.4 is 4.90 Å². The van der Waals surface area contributed by atoms with Crippen LogP contribution in [0.3, 0.4) is 0 Å². The first-order valence-electron chi connectivity index (χ1n) is 10.7.